The van der Waals surface area contributed by atoms with Gasteiger partial charge in [0.25, 0.3) is 5.91 Å². The van der Waals surface area contributed by atoms with E-state index >= 15 is 0 Å². The molecule has 0 saturated carbocycles. The van der Waals surface area contributed by atoms with E-state index in [-0.39, 0.29) is 5.91 Å². The molecule has 0 radical (unpaired) electrons. The van der Waals surface area contributed by atoms with Gasteiger partial charge in [-0.1, -0.05) is 0 Å². The van der Waals surface area contributed by atoms with Crippen molar-refractivity contribution < 1.29 is 9.53 Å². The summed E-state index contributed by atoms with van der Waals surface area (Å²) in [4.78, 5) is 11.6. The van der Waals surface area contributed by atoms with Crippen LogP contribution in [0.3, 0.4) is 0 Å². The van der Waals surface area contributed by atoms with Crippen LogP contribution in [-0.2, 0) is 4.79 Å². The number of hydrogen-bond acceptors (Lipinski definition) is 7. The summed E-state index contributed by atoms with van der Waals surface area (Å²) in [7, 11) is 0. The highest BCUT2D eigenvalue weighted by molar-refractivity contribution is 5.98. The predicted molar refractivity (Wildman–Crippen MR) is 77.0 cm³/mol. The van der Waals surface area contributed by atoms with Gasteiger partial charge >= 0.3 is 0 Å². The summed E-state index contributed by atoms with van der Waals surface area (Å²) < 4.78 is 6.84. The van der Waals surface area contributed by atoms with Gasteiger partial charge in [-0.2, -0.15) is 0 Å². The number of fused-ring (bicyclic) bond motifs is 2. The molecule has 0 spiro atoms. The zero-order chi connectivity index (χ0) is 15.1. The first-order chi connectivity index (χ1) is 10.7. The molecule has 3 aromatic rings. The first kappa shape index (κ1) is 12.5. The van der Waals surface area contributed by atoms with E-state index in [0.29, 0.717) is 22.9 Å². The van der Waals surface area contributed by atoms with E-state index in [1.807, 2.05) is 6.07 Å². The van der Waals surface area contributed by atoms with Crippen molar-refractivity contribution in [1.29, 1.82) is 0 Å². The minimum absolute atomic E-state index is 0.169. The Balaban J connectivity index is 1.63. The van der Waals surface area contributed by atoms with Crippen molar-refractivity contribution in [2.75, 3.05) is 10.6 Å². The van der Waals surface area contributed by atoms with Gasteiger partial charge < -0.3 is 15.4 Å². The average Bonchev–Trinajstić information content (AvgIpc) is 2.96. The van der Waals surface area contributed by atoms with Crippen molar-refractivity contribution >= 4 is 28.7 Å². The molecule has 1 amide bonds. The fourth-order valence-electron chi connectivity index (χ4n) is 2.15. The Morgan fingerprint density at radius 3 is 3.14 bits per heavy atom. The van der Waals surface area contributed by atoms with Gasteiger partial charge in [0.1, 0.15) is 5.75 Å². The van der Waals surface area contributed by atoms with E-state index in [2.05, 4.69) is 31.3 Å². The second-order valence-corrected chi connectivity index (χ2v) is 4.83. The van der Waals surface area contributed by atoms with Gasteiger partial charge in [0.2, 0.25) is 0 Å². The van der Waals surface area contributed by atoms with Crippen molar-refractivity contribution in [2.45, 2.75) is 13.0 Å². The molecule has 0 saturated heterocycles. The second-order valence-electron chi connectivity index (χ2n) is 4.83. The molecular weight excluding hydrogens is 286 g/mol. The van der Waals surface area contributed by atoms with Gasteiger partial charge in [0, 0.05) is 5.69 Å². The molecular formula is C13H11N7O2. The highest BCUT2D eigenvalue weighted by Crippen LogP contribution is 2.32. The maximum atomic E-state index is 11.6. The highest BCUT2D eigenvalue weighted by atomic mass is 16.5. The largest absolute Gasteiger partial charge is 0.479 e. The number of ether oxygens (including phenoxy) is 1. The first-order valence-electron chi connectivity index (χ1n) is 6.63. The number of benzene rings is 1. The molecule has 0 aliphatic carbocycles. The Bertz CT molecular complexity index is 876. The number of nitrogens with one attached hydrogen (secondary N) is 2. The highest BCUT2D eigenvalue weighted by Gasteiger charge is 2.23. The predicted octanol–water partition coefficient (Wildman–Crippen LogP) is 0.982. The molecule has 4 rings (SSSR count). The molecule has 2 N–H and O–H groups in total. The lowest BCUT2D eigenvalue weighted by molar-refractivity contribution is -0.122. The number of rotatable bonds is 2. The minimum atomic E-state index is -0.491. The number of aromatic nitrogens is 5. The summed E-state index contributed by atoms with van der Waals surface area (Å²) in [5.41, 5.74) is 1.94. The van der Waals surface area contributed by atoms with Crippen molar-refractivity contribution in [1.82, 2.24) is 25.3 Å². The Morgan fingerprint density at radius 1 is 1.32 bits per heavy atom. The molecule has 3 heterocycles. The van der Waals surface area contributed by atoms with E-state index in [0.717, 1.165) is 5.69 Å². The standard InChI is InChI=1S/C13H11N7O2/c1-7-13(21)15-9-6-8(2-3-10(9)22-7)14-11-4-5-12-16-18-19-20(12)17-11/h2-7H,1H3,(H,14,17)(H,15,21)/t7-/m1/s1. The van der Waals surface area contributed by atoms with Crippen molar-refractivity contribution in [3.8, 4) is 5.75 Å². The van der Waals surface area contributed by atoms with Crippen molar-refractivity contribution in [3.05, 3.63) is 30.3 Å². The molecule has 0 fully saturated rings. The lowest BCUT2D eigenvalue weighted by atomic mass is 10.2. The number of amides is 1. The van der Waals surface area contributed by atoms with Gasteiger partial charge in [-0.05, 0) is 47.7 Å². The molecule has 1 aliphatic rings. The number of nitrogens with zero attached hydrogens (tertiary/aromatic N) is 5. The van der Waals surface area contributed by atoms with E-state index in [4.69, 9.17) is 4.74 Å². The van der Waals surface area contributed by atoms with Gasteiger partial charge in [0.15, 0.2) is 17.6 Å². The van der Waals surface area contributed by atoms with Crippen LogP contribution < -0.4 is 15.4 Å². The van der Waals surface area contributed by atoms with Crippen LogP contribution in [0.1, 0.15) is 6.92 Å². The molecule has 1 aliphatic heterocycles. The van der Waals surface area contributed by atoms with Crippen LogP contribution in [0.25, 0.3) is 5.65 Å². The number of hydrogen-bond donors (Lipinski definition) is 2. The van der Waals surface area contributed by atoms with Crippen LogP contribution in [0.2, 0.25) is 0 Å². The topological polar surface area (TPSA) is 106 Å². The number of carbonyl (C=O) groups is 1. The molecule has 1 atom stereocenters. The Morgan fingerprint density at radius 2 is 2.23 bits per heavy atom. The Kier molecular flexibility index (Phi) is 2.65. The molecule has 9 nitrogen and oxygen atoms in total. The zero-order valence-corrected chi connectivity index (χ0v) is 11.5. The molecule has 110 valence electrons. The van der Waals surface area contributed by atoms with E-state index in [1.165, 1.54) is 4.63 Å². The van der Waals surface area contributed by atoms with E-state index in [1.54, 1.807) is 31.2 Å². The number of carbonyl (C=O) groups excluding carboxylic acids is 1. The lowest BCUT2D eigenvalue weighted by Gasteiger charge is -2.23. The summed E-state index contributed by atoms with van der Waals surface area (Å²) in [6, 6.07) is 8.94. The zero-order valence-electron chi connectivity index (χ0n) is 11.5. The smallest absolute Gasteiger partial charge is 0.265 e. The number of anilines is 3. The fraction of sp³-hybridized carbons (Fsp3) is 0.154. The third-order valence-corrected chi connectivity index (χ3v) is 3.25. The molecule has 0 unspecified atom stereocenters. The normalized spacial score (nSPS) is 16.8. The van der Waals surface area contributed by atoms with Crippen LogP contribution in [0.5, 0.6) is 5.75 Å². The first-order valence-corrected chi connectivity index (χ1v) is 6.63. The van der Waals surface area contributed by atoms with Crippen LogP contribution >= 0.6 is 0 Å². The quantitative estimate of drug-likeness (QED) is 0.726. The molecule has 1 aromatic carbocycles. The van der Waals surface area contributed by atoms with Crippen LogP contribution in [0.15, 0.2) is 30.3 Å². The maximum Gasteiger partial charge on any atom is 0.265 e. The van der Waals surface area contributed by atoms with Gasteiger partial charge in [0.05, 0.1) is 5.69 Å². The summed E-state index contributed by atoms with van der Waals surface area (Å²) in [6.45, 7) is 1.70. The third-order valence-electron chi connectivity index (χ3n) is 3.25. The maximum absolute atomic E-state index is 11.6. The number of tetrazole rings is 1. The lowest BCUT2D eigenvalue weighted by Crippen LogP contribution is -2.34. The van der Waals surface area contributed by atoms with Gasteiger partial charge in [-0.3, -0.25) is 4.79 Å². The van der Waals surface area contributed by atoms with Gasteiger partial charge in [-0.15, -0.1) is 14.8 Å². The van der Waals surface area contributed by atoms with E-state index in [9.17, 15) is 4.79 Å². The SMILES string of the molecule is C[C@H]1Oc2ccc(Nc3ccc4nnnn4n3)cc2NC1=O. The van der Waals surface area contributed by atoms with Crippen molar-refractivity contribution in [2.24, 2.45) is 0 Å². The fourth-order valence-corrected chi connectivity index (χ4v) is 2.15. The summed E-state index contributed by atoms with van der Waals surface area (Å²) in [6.07, 6.45) is -0.491. The third kappa shape index (κ3) is 2.08. The van der Waals surface area contributed by atoms with Crippen LogP contribution in [0, 0.1) is 0 Å². The molecule has 22 heavy (non-hydrogen) atoms. The molecule has 9 heteroatoms. The van der Waals surface area contributed by atoms with E-state index < -0.39 is 6.10 Å². The Labute approximate surface area is 124 Å². The van der Waals surface area contributed by atoms with Gasteiger partial charge in [-0.25, -0.2) is 0 Å². The van der Waals surface area contributed by atoms with Crippen LogP contribution in [-0.4, -0.2) is 37.3 Å². The van der Waals surface area contributed by atoms with Crippen LogP contribution in [0.4, 0.5) is 17.2 Å². The summed E-state index contributed by atoms with van der Waals surface area (Å²) in [5, 5.41) is 21.2. The summed E-state index contributed by atoms with van der Waals surface area (Å²) >= 11 is 0. The monoisotopic (exact) mass is 297 g/mol. The Hall–Kier alpha value is -3.23. The average molecular weight is 297 g/mol. The molecule has 0 bridgehead atoms. The minimum Gasteiger partial charge on any atom is -0.479 e. The van der Waals surface area contributed by atoms with Crippen molar-refractivity contribution in [3.63, 3.8) is 0 Å². The second kappa shape index (κ2) is 4.65. The summed E-state index contributed by atoms with van der Waals surface area (Å²) in [5.74, 6) is 1.05. The molecule has 2 aromatic heterocycles.